The number of piperidine rings is 1. The number of fused-ring (bicyclic) bond motifs is 1. The highest BCUT2D eigenvalue weighted by Gasteiger charge is 2.35. The Labute approximate surface area is 154 Å². The number of urea groups is 1. The second-order valence-electron chi connectivity index (χ2n) is 7.50. The van der Waals surface area contributed by atoms with Gasteiger partial charge in [0.2, 0.25) is 0 Å². The third-order valence-electron chi connectivity index (χ3n) is 5.88. The van der Waals surface area contributed by atoms with E-state index < -0.39 is 9.84 Å². The van der Waals surface area contributed by atoms with E-state index in [4.69, 9.17) is 0 Å². The normalized spacial score (nSPS) is 23.4. The Morgan fingerprint density at radius 2 is 1.92 bits per heavy atom. The van der Waals surface area contributed by atoms with Gasteiger partial charge in [-0.2, -0.15) is 0 Å². The zero-order chi connectivity index (χ0) is 18.3. The van der Waals surface area contributed by atoms with E-state index in [9.17, 15) is 13.2 Å². The number of H-pyrrole nitrogens is 1. The average Bonchev–Trinajstić information content (AvgIpc) is 3.24. The summed E-state index contributed by atoms with van der Waals surface area (Å²) in [5.41, 5.74) is 2.49. The van der Waals surface area contributed by atoms with Crippen LogP contribution in [-0.2, 0) is 9.84 Å². The number of aromatic nitrogens is 1. The van der Waals surface area contributed by atoms with Crippen molar-refractivity contribution >= 4 is 26.8 Å². The standard InChI is InChI=1S/C19H25N3O3S/c1-21(15-8-11-26(24,25)13-15)19(23)22-9-6-14(7-10-22)17-12-20-18-5-3-2-4-16(17)18/h2-5,12,14-15,20H,6-11,13H2,1H3. The summed E-state index contributed by atoms with van der Waals surface area (Å²) in [5.74, 6) is 0.742. The lowest BCUT2D eigenvalue weighted by molar-refractivity contribution is 0.138. The van der Waals surface area contributed by atoms with Crippen LogP contribution < -0.4 is 0 Å². The van der Waals surface area contributed by atoms with Crippen LogP contribution >= 0.6 is 0 Å². The van der Waals surface area contributed by atoms with Crippen molar-refractivity contribution in [2.24, 2.45) is 0 Å². The lowest BCUT2D eigenvalue weighted by atomic mass is 9.89. The van der Waals surface area contributed by atoms with Gasteiger partial charge < -0.3 is 14.8 Å². The molecule has 26 heavy (non-hydrogen) atoms. The van der Waals surface area contributed by atoms with Gasteiger partial charge in [0.15, 0.2) is 9.84 Å². The van der Waals surface area contributed by atoms with Crippen LogP contribution in [0.4, 0.5) is 4.79 Å². The largest absolute Gasteiger partial charge is 0.361 e. The lowest BCUT2D eigenvalue weighted by Crippen LogP contribution is -2.48. The number of nitrogens with zero attached hydrogens (tertiary/aromatic N) is 2. The molecule has 0 aliphatic carbocycles. The molecule has 1 atom stereocenters. The quantitative estimate of drug-likeness (QED) is 0.877. The number of para-hydroxylation sites is 1. The molecule has 0 spiro atoms. The summed E-state index contributed by atoms with van der Waals surface area (Å²) in [6.07, 6.45) is 4.52. The number of rotatable bonds is 2. The molecule has 2 fully saturated rings. The van der Waals surface area contributed by atoms with Crippen molar-refractivity contribution in [1.82, 2.24) is 14.8 Å². The summed E-state index contributed by atoms with van der Waals surface area (Å²) >= 11 is 0. The first-order chi connectivity index (χ1) is 12.4. The highest BCUT2D eigenvalue weighted by Crippen LogP contribution is 2.33. The van der Waals surface area contributed by atoms with E-state index in [0.29, 0.717) is 25.4 Å². The van der Waals surface area contributed by atoms with E-state index in [0.717, 1.165) is 18.4 Å². The minimum atomic E-state index is -2.98. The minimum Gasteiger partial charge on any atom is -0.361 e. The van der Waals surface area contributed by atoms with Crippen LogP contribution in [0.2, 0.25) is 0 Å². The topological polar surface area (TPSA) is 73.5 Å². The molecule has 1 unspecified atom stereocenters. The van der Waals surface area contributed by atoms with Gasteiger partial charge in [-0.05, 0) is 36.8 Å². The molecule has 1 N–H and O–H groups in total. The zero-order valence-corrected chi connectivity index (χ0v) is 15.8. The Bertz CT molecular complexity index is 913. The maximum absolute atomic E-state index is 12.8. The number of hydrogen-bond acceptors (Lipinski definition) is 3. The summed E-state index contributed by atoms with van der Waals surface area (Å²) in [7, 11) is -1.24. The molecular formula is C19H25N3O3S. The molecular weight excluding hydrogens is 350 g/mol. The van der Waals surface area contributed by atoms with Gasteiger partial charge in [-0.3, -0.25) is 0 Å². The Morgan fingerprint density at radius 3 is 2.62 bits per heavy atom. The SMILES string of the molecule is CN(C(=O)N1CCC(c2c[nH]c3ccccc23)CC1)C1CCS(=O)(=O)C1. The number of likely N-dealkylation sites (tertiary alicyclic amines) is 1. The third-order valence-corrected chi connectivity index (χ3v) is 7.63. The summed E-state index contributed by atoms with van der Waals surface area (Å²) < 4.78 is 23.3. The summed E-state index contributed by atoms with van der Waals surface area (Å²) in [5, 5.41) is 1.27. The molecule has 0 saturated carbocycles. The van der Waals surface area contributed by atoms with Crippen molar-refractivity contribution in [2.45, 2.75) is 31.2 Å². The fraction of sp³-hybridized carbons (Fsp3) is 0.526. The molecule has 6 nitrogen and oxygen atoms in total. The Hall–Kier alpha value is -2.02. The van der Waals surface area contributed by atoms with Crippen LogP contribution in [-0.4, -0.2) is 66.9 Å². The molecule has 2 amide bonds. The van der Waals surface area contributed by atoms with E-state index in [-0.39, 0.29) is 23.6 Å². The fourth-order valence-electron chi connectivity index (χ4n) is 4.27. The van der Waals surface area contributed by atoms with Crippen LogP contribution in [0.25, 0.3) is 10.9 Å². The van der Waals surface area contributed by atoms with E-state index in [1.807, 2.05) is 11.0 Å². The molecule has 3 heterocycles. The van der Waals surface area contributed by atoms with Crippen LogP contribution in [0.3, 0.4) is 0 Å². The maximum Gasteiger partial charge on any atom is 0.320 e. The number of nitrogens with one attached hydrogen (secondary N) is 1. The second kappa shape index (κ2) is 6.61. The second-order valence-corrected chi connectivity index (χ2v) is 9.73. The molecule has 0 radical (unpaired) electrons. The van der Waals surface area contributed by atoms with Crippen LogP contribution in [0.5, 0.6) is 0 Å². The molecule has 140 valence electrons. The molecule has 1 aromatic carbocycles. The maximum atomic E-state index is 12.8. The van der Waals surface area contributed by atoms with E-state index in [2.05, 4.69) is 29.4 Å². The minimum absolute atomic E-state index is 0.0375. The van der Waals surface area contributed by atoms with Gasteiger partial charge in [0.05, 0.1) is 11.5 Å². The predicted octanol–water partition coefficient (Wildman–Crippen LogP) is 2.59. The number of benzene rings is 1. The van der Waals surface area contributed by atoms with Crippen molar-refractivity contribution in [3.63, 3.8) is 0 Å². The monoisotopic (exact) mass is 375 g/mol. The average molecular weight is 375 g/mol. The van der Waals surface area contributed by atoms with E-state index >= 15 is 0 Å². The first kappa shape index (κ1) is 17.4. The van der Waals surface area contributed by atoms with Gasteiger partial charge in [0, 0.05) is 43.3 Å². The molecule has 2 aromatic rings. The number of aromatic amines is 1. The summed E-state index contributed by atoms with van der Waals surface area (Å²) in [4.78, 5) is 19.6. The van der Waals surface area contributed by atoms with Crippen molar-refractivity contribution in [1.29, 1.82) is 0 Å². The van der Waals surface area contributed by atoms with Crippen molar-refractivity contribution < 1.29 is 13.2 Å². The van der Waals surface area contributed by atoms with E-state index in [1.54, 1.807) is 11.9 Å². The van der Waals surface area contributed by atoms with Gasteiger partial charge >= 0.3 is 6.03 Å². The molecule has 7 heteroatoms. The Kier molecular flexibility index (Phi) is 4.42. The van der Waals surface area contributed by atoms with E-state index in [1.165, 1.54) is 10.9 Å². The van der Waals surface area contributed by atoms with Gasteiger partial charge in [-0.1, -0.05) is 18.2 Å². The van der Waals surface area contributed by atoms with Crippen LogP contribution in [0.15, 0.2) is 30.5 Å². The van der Waals surface area contributed by atoms with Gasteiger partial charge in [-0.15, -0.1) is 0 Å². The molecule has 2 aliphatic rings. The Balaban J connectivity index is 1.39. The van der Waals surface area contributed by atoms with Gasteiger partial charge in [0.25, 0.3) is 0 Å². The molecule has 0 bridgehead atoms. The first-order valence-electron chi connectivity index (χ1n) is 9.23. The number of amides is 2. The molecule has 4 rings (SSSR count). The fourth-order valence-corrected chi connectivity index (χ4v) is 6.05. The molecule has 2 aliphatic heterocycles. The van der Waals surface area contributed by atoms with Gasteiger partial charge in [-0.25, -0.2) is 13.2 Å². The number of hydrogen-bond donors (Lipinski definition) is 1. The lowest BCUT2D eigenvalue weighted by Gasteiger charge is -2.36. The van der Waals surface area contributed by atoms with Crippen molar-refractivity contribution in [3.05, 3.63) is 36.0 Å². The predicted molar refractivity (Wildman–Crippen MR) is 102 cm³/mol. The highest BCUT2D eigenvalue weighted by atomic mass is 32.2. The third kappa shape index (κ3) is 3.20. The Morgan fingerprint density at radius 1 is 1.19 bits per heavy atom. The first-order valence-corrected chi connectivity index (χ1v) is 11.0. The zero-order valence-electron chi connectivity index (χ0n) is 15.0. The molecule has 2 saturated heterocycles. The van der Waals surface area contributed by atoms with Crippen molar-refractivity contribution in [3.8, 4) is 0 Å². The summed E-state index contributed by atoms with van der Waals surface area (Å²) in [6.45, 7) is 1.43. The number of carbonyl (C=O) groups is 1. The highest BCUT2D eigenvalue weighted by molar-refractivity contribution is 7.91. The van der Waals surface area contributed by atoms with Crippen LogP contribution in [0, 0.1) is 0 Å². The summed E-state index contributed by atoms with van der Waals surface area (Å²) in [6, 6.07) is 8.10. The van der Waals surface area contributed by atoms with Crippen LogP contribution in [0.1, 0.15) is 30.7 Å². The smallest absolute Gasteiger partial charge is 0.320 e. The molecule has 1 aromatic heterocycles. The van der Waals surface area contributed by atoms with Crippen molar-refractivity contribution in [2.75, 3.05) is 31.6 Å². The number of carbonyl (C=O) groups excluding carboxylic acids is 1. The number of sulfone groups is 1. The van der Waals surface area contributed by atoms with Gasteiger partial charge in [0.1, 0.15) is 0 Å².